The highest BCUT2D eigenvalue weighted by atomic mass is 79.9. The Bertz CT molecular complexity index is 481. The number of halogens is 1. The number of rotatable bonds is 5. The fourth-order valence-electron chi connectivity index (χ4n) is 3.10. The van der Waals surface area contributed by atoms with Crippen LogP contribution >= 0.6 is 15.9 Å². The average molecular weight is 357 g/mol. The third-order valence-corrected chi connectivity index (χ3v) is 5.58. The van der Waals surface area contributed by atoms with Crippen LogP contribution in [0.3, 0.4) is 0 Å². The minimum Gasteiger partial charge on any atom is -0.311 e. The van der Waals surface area contributed by atoms with Gasteiger partial charge in [-0.3, -0.25) is 9.58 Å². The van der Waals surface area contributed by atoms with Crippen LogP contribution in [0.1, 0.15) is 51.9 Å². The second-order valence-electron chi connectivity index (χ2n) is 6.72. The van der Waals surface area contributed by atoms with Gasteiger partial charge >= 0.3 is 0 Å². The first kappa shape index (κ1) is 17.0. The SMILES string of the molecule is CCCC1CN(Cc2c(Br)c(C)nn2CC)C(C)(C)CN1. The van der Waals surface area contributed by atoms with Gasteiger partial charge in [0.15, 0.2) is 0 Å². The summed E-state index contributed by atoms with van der Waals surface area (Å²) < 4.78 is 3.30. The Kier molecular flexibility index (Phi) is 5.49. The highest BCUT2D eigenvalue weighted by Gasteiger charge is 2.34. The maximum Gasteiger partial charge on any atom is 0.0739 e. The van der Waals surface area contributed by atoms with E-state index in [4.69, 9.17) is 0 Å². The van der Waals surface area contributed by atoms with Crippen LogP contribution in [0.4, 0.5) is 0 Å². The zero-order valence-electron chi connectivity index (χ0n) is 14.0. The van der Waals surface area contributed by atoms with E-state index in [9.17, 15) is 0 Å². The van der Waals surface area contributed by atoms with Crippen molar-refractivity contribution in [2.24, 2.45) is 0 Å². The number of aromatic nitrogens is 2. The van der Waals surface area contributed by atoms with Crippen LogP contribution < -0.4 is 5.32 Å². The Labute approximate surface area is 137 Å². The summed E-state index contributed by atoms with van der Waals surface area (Å²) in [6.07, 6.45) is 2.49. The molecule has 1 aromatic heterocycles. The van der Waals surface area contributed by atoms with Crippen LogP contribution in [-0.2, 0) is 13.1 Å². The van der Waals surface area contributed by atoms with Crippen molar-refractivity contribution >= 4 is 15.9 Å². The maximum absolute atomic E-state index is 4.62. The lowest BCUT2D eigenvalue weighted by molar-refractivity contribution is 0.0537. The molecule has 0 bridgehead atoms. The quantitative estimate of drug-likeness (QED) is 0.878. The molecule has 0 saturated carbocycles. The molecule has 0 radical (unpaired) electrons. The van der Waals surface area contributed by atoms with Crippen molar-refractivity contribution in [3.8, 4) is 0 Å². The summed E-state index contributed by atoms with van der Waals surface area (Å²) in [4.78, 5) is 2.61. The number of hydrogen-bond donors (Lipinski definition) is 1. The normalized spacial score (nSPS) is 22.7. The third kappa shape index (κ3) is 3.69. The van der Waals surface area contributed by atoms with Crippen molar-refractivity contribution in [3.05, 3.63) is 15.9 Å². The first-order valence-electron chi connectivity index (χ1n) is 8.09. The molecule has 1 fully saturated rings. The van der Waals surface area contributed by atoms with Gasteiger partial charge < -0.3 is 5.32 Å². The topological polar surface area (TPSA) is 33.1 Å². The molecule has 1 aliphatic rings. The van der Waals surface area contributed by atoms with E-state index in [-0.39, 0.29) is 5.54 Å². The van der Waals surface area contributed by atoms with Gasteiger partial charge in [-0.15, -0.1) is 0 Å². The van der Waals surface area contributed by atoms with Crippen molar-refractivity contribution in [2.45, 2.75) is 72.1 Å². The van der Waals surface area contributed by atoms with Gasteiger partial charge in [-0.2, -0.15) is 5.10 Å². The molecule has 2 heterocycles. The number of hydrogen-bond acceptors (Lipinski definition) is 3. The van der Waals surface area contributed by atoms with Crippen molar-refractivity contribution in [1.82, 2.24) is 20.0 Å². The fourth-order valence-corrected chi connectivity index (χ4v) is 3.51. The molecule has 1 aromatic rings. The first-order chi connectivity index (χ1) is 9.89. The number of piperazine rings is 1. The van der Waals surface area contributed by atoms with Gasteiger partial charge in [-0.25, -0.2) is 0 Å². The second-order valence-corrected chi connectivity index (χ2v) is 7.51. The van der Waals surface area contributed by atoms with E-state index in [1.54, 1.807) is 0 Å². The van der Waals surface area contributed by atoms with Gasteiger partial charge in [0, 0.05) is 37.8 Å². The molecule has 4 nitrogen and oxygen atoms in total. The Morgan fingerprint density at radius 3 is 2.71 bits per heavy atom. The van der Waals surface area contributed by atoms with E-state index in [1.807, 2.05) is 0 Å². The summed E-state index contributed by atoms with van der Waals surface area (Å²) in [5.41, 5.74) is 2.57. The van der Waals surface area contributed by atoms with Crippen molar-refractivity contribution < 1.29 is 0 Å². The minimum absolute atomic E-state index is 0.181. The Balaban J connectivity index is 2.19. The van der Waals surface area contributed by atoms with Crippen molar-refractivity contribution in [2.75, 3.05) is 13.1 Å². The van der Waals surface area contributed by atoms with Crippen molar-refractivity contribution in [3.63, 3.8) is 0 Å². The molecule has 0 spiro atoms. The summed E-state index contributed by atoms with van der Waals surface area (Å²) in [6, 6.07) is 0.612. The van der Waals surface area contributed by atoms with Gasteiger partial charge in [0.05, 0.1) is 15.9 Å². The monoisotopic (exact) mass is 356 g/mol. The summed E-state index contributed by atoms with van der Waals surface area (Å²) in [5.74, 6) is 0. The Morgan fingerprint density at radius 2 is 2.10 bits per heavy atom. The molecule has 1 unspecified atom stereocenters. The maximum atomic E-state index is 4.62. The number of nitrogens with one attached hydrogen (secondary N) is 1. The fraction of sp³-hybridized carbons (Fsp3) is 0.812. The molecule has 0 amide bonds. The minimum atomic E-state index is 0.181. The van der Waals surface area contributed by atoms with Crippen LogP contribution in [0.25, 0.3) is 0 Å². The number of nitrogens with zero attached hydrogens (tertiary/aromatic N) is 3. The van der Waals surface area contributed by atoms with Gasteiger partial charge in [-0.1, -0.05) is 13.3 Å². The van der Waals surface area contributed by atoms with E-state index in [0.29, 0.717) is 6.04 Å². The summed E-state index contributed by atoms with van der Waals surface area (Å²) in [6.45, 7) is 15.2. The lowest BCUT2D eigenvalue weighted by Gasteiger charge is -2.46. The zero-order valence-corrected chi connectivity index (χ0v) is 15.6. The molecule has 21 heavy (non-hydrogen) atoms. The molecule has 1 N–H and O–H groups in total. The molecule has 2 rings (SSSR count). The zero-order chi connectivity index (χ0) is 15.6. The van der Waals surface area contributed by atoms with E-state index in [2.05, 4.69) is 70.5 Å². The second kappa shape index (κ2) is 6.80. The van der Waals surface area contributed by atoms with Crippen LogP contribution in [0, 0.1) is 6.92 Å². The van der Waals surface area contributed by atoms with Gasteiger partial charge in [0.1, 0.15) is 0 Å². The summed E-state index contributed by atoms with van der Waals surface area (Å²) >= 11 is 3.73. The predicted molar refractivity (Wildman–Crippen MR) is 91.5 cm³/mol. The van der Waals surface area contributed by atoms with Gasteiger partial charge in [0.25, 0.3) is 0 Å². The molecular formula is C16H29BrN4. The molecule has 0 aliphatic carbocycles. The molecule has 120 valence electrons. The van der Waals surface area contributed by atoms with E-state index in [1.165, 1.54) is 23.0 Å². The Hall–Kier alpha value is -0.390. The smallest absolute Gasteiger partial charge is 0.0739 e. The average Bonchev–Trinajstić information content (AvgIpc) is 2.70. The lowest BCUT2D eigenvalue weighted by atomic mass is 9.95. The van der Waals surface area contributed by atoms with Crippen LogP contribution in [0.5, 0.6) is 0 Å². The van der Waals surface area contributed by atoms with Crippen molar-refractivity contribution in [1.29, 1.82) is 0 Å². The lowest BCUT2D eigenvalue weighted by Crippen LogP contribution is -2.61. The van der Waals surface area contributed by atoms with E-state index in [0.717, 1.165) is 31.9 Å². The first-order valence-corrected chi connectivity index (χ1v) is 8.88. The summed E-state index contributed by atoms with van der Waals surface area (Å²) in [5, 5.41) is 8.32. The van der Waals surface area contributed by atoms with E-state index >= 15 is 0 Å². The largest absolute Gasteiger partial charge is 0.311 e. The van der Waals surface area contributed by atoms with Gasteiger partial charge in [-0.05, 0) is 50.0 Å². The summed E-state index contributed by atoms with van der Waals surface area (Å²) in [7, 11) is 0. The molecule has 0 aromatic carbocycles. The number of aryl methyl sites for hydroxylation is 2. The standard InChI is InChI=1S/C16H29BrN4/c1-6-8-13-9-20(16(4,5)11-18-13)10-14-15(17)12(3)19-21(14)7-2/h13,18H,6-11H2,1-5H3. The highest BCUT2D eigenvalue weighted by molar-refractivity contribution is 9.10. The van der Waals surface area contributed by atoms with Crippen LogP contribution in [-0.4, -0.2) is 39.4 Å². The predicted octanol–water partition coefficient (Wildman–Crippen LogP) is 3.33. The molecule has 1 aliphatic heterocycles. The Morgan fingerprint density at radius 1 is 1.38 bits per heavy atom. The van der Waals surface area contributed by atoms with Crippen LogP contribution in [0.2, 0.25) is 0 Å². The third-order valence-electron chi connectivity index (χ3n) is 4.55. The van der Waals surface area contributed by atoms with Crippen LogP contribution in [0.15, 0.2) is 4.47 Å². The molecule has 5 heteroatoms. The molecule has 1 atom stereocenters. The van der Waals surface area contributed by atoms with E-state index < -0.39 is 0 Å². The highest BCUT2D eigenvalue weighted by Crippen LogP contribution is 2.27. The molecule has 1 saturated heterocycles. The molecular weight excluding hydrogens is 328 g/mol. The van der Waals surface area contributed by atoms with Gasteiger partial charge in [0.2, 0.25) is 0 Å².